The Balaban J connectivity index is 1.51. The van der Waals surface area contributed by atoms with Crippen molar-refractivity contribution in [1.29, 1.82) is 0 Å². The van der Waals surface area contributed by atoms with Gasteiger partial charge in [-0.3, -0.25) is 9.59 Å². The van der Waals surface area contributed by atoms with E-state index in [-0.39, 0.29) is 30.7 Å². The molecule has 6 heteroatoms. The fraction of sp³-hybridized carbons (Fsp3) is 0.346. The summed E-state index contributed by atoms with van der Waals surface area (Å²) in [6, 6.07) is 19.9. The Morgan fingerprint density at radius 3 is 2.22 bits per heavy atom. The molecule has 166 valence electrons. The van der Waals surface area contributed by atoms with E-state index in [0.29, 0.717) is 5.82 Å². The van der Waals surface area contributed by atoms with Crippen LogP contribution in [0.2, 0.25) is 0 Å². The van der Waals surface area contributed by atoms with Crippen LogP contribution < -0.4 is 10.6 Å². The van der Waals surface area contributed by atoms with E-state index in [2.05, 4.69) is 10.6 Å². The highest BCUT2D eigenvalue weighted by atomic mass is 16.2. The summed E-state index contributed by atoms with van der Waals surface area (Å²) in [6.07, 6.45) is 5.95. The number of benzene rings is 2. The lowest BCUT2D eigenvalue weighted by molar-refractivity contribution is -0.125. The Bertz CT molecular complexity index is 1050. The molecule has 0 radical (unpaired) electrons. The van der Waals surface area contributed by atoms with E-state index >= 15 is 0 Å². The molecule has 0 bridgehead atoms. The number of rotatable bonds is 7. The first-order valence-corrected chi connectivity index (χ1v) is 11.4. The van der Waals surface area contributed by atoms with Gasteiger partial charge >= 0.3 is 0 Å². The van der Waals surface area contributed by atoms with Crippen LogP contribution in [0.15, 0.2) is 60.7 Å². The quantitative estimate of drug-likeness (QED) is 0.553. The number of hydrogen-bond acceptors (Lipinski definition) is 3. The smallest absolute Gasteiger partial charge is 0.226 e. The Morgan fingerprint density at radius 1 is 0.906 bits per heavy atom. The van der Waals surface area contributed by atoms with Crippen molar-refractivity contribution in [1.82, 2.24) is 15.1 Å². The topological polar surface area (TPSA) is 76.0 Å². The lowest BCUT2D eigenvalue weighted by Crippen LogP contribution is -2.36. The average Bonchev–Trinajstić information content (AvgIpc) is 3.15. The van der Waals surface area contributed by atoms with Crippen LogP contribution in [-0.4, -0.2) is 27.6 Å². The fourth-order valence-electron chi connectivity index (χ4n) is 4.32. The van der Waals surface area contributed by atoms with Crippen LogP contribution in [0.3, 0.4) is 0 Å². The van der Waals surface area contributed by atoms with Crippen LogP contribution in [0.4, 0.5) is 5.82 Å². The van der Waals surface area contributed by atoms with Gasteiger partial charge in [-0.15, -0.1) is 0 Å². The van der Waals surface area contributed by atoms with Crippen molar-refractivity contribution in [2.45, 2.75) is 57.9 Å². The third kappa shape index (κ3) is 5.25. The second-order valence-electron chi connectivity index (χ2n) is 8.37. The number of nitrogens with zero attached hydrogens (tertiary/aromatic N) is 2. The second kappa shape index (κ2) is 10.3. The molecule has 1 heterocycles. The van der Waals surface area contributed by atoms with Gasteiger partial charge in [0.2, 0.25) is 11.8 Å². The molecule has 2 N–H and O–H groups in total. The third-order valence-corrected chi connectivity index (χ3v) is 5.93. The maximum atomic E-state index is 12.9. The first kappa shape index (κ1) is 21.8. The van der Waals surface area contributed by atoms with Crippen molar-refractivity contribution >= 4 is 17.6 Å². The van der Waals surface area contributed by atoms with E-state index < -0.39 is 0 Å². The Labute approximate surface area is 189 Å². The maximum absolute atomic E-state index is 12.9. The van der Waals surface area contributed by atoms with Crippen LogP contribution >= 0.6 is 0 Å². The van der Waals surface area contributed by atoms with Gasteiger partial charge in [0.1, 0.15) is 5.82 Å². The Morgan fingerprint density at radius 2 is 1.53 bits per heavy atom. The van der Waals surface area contributed by atoms with Gasteiger partial charge in [-0.25, -0.2) is 4.68 Å². The van der Waals surface area contributed by atoms with Crippen LogP contribution in [0.5, 0.6) is 0 Å². The zero-order chi connectivity index (χ0) is 22.3. The third-order valence-electron chi connectivity index (χ3n) is 5.93. The molecule has 1 fully saturated rings. The van der Waals surface area contributed by atoms with E-state index in [1.165, 1.54) is 6.42 Å². The number of carbonyl (C=O) groups is 2. The lowest BCUT2D eigenvalue weighted by atomic mass is 9.95. The number of para-hydroxylation sites is 1. The van der Waals surface area contributed by atoms with Crippen molar-refractivity contribution in [3.63, 3.8) is 0 Å². The van der Waals surface area contributed by atoms with E-state index in [1.807, 2.05) is 67.6 Å². The predicted molar refractivity (Wildman–Crippen MR) is 127 cm³/mol. The molecule has 1 aliphatic carbocycles. The van der Waals surface area contributed by atoms with Gasteiger partial charge in [0.25, 0.3) is 0 Å². The molecule has 0 spiro atoms. The largest absolute Gasteiger partial charge is 0.353 e. The van der Waals surface area contributed by atoms with E-state index in [1.54, 1.807) is 4.68 Å². The fourth-order valence-corrected chi connectivity index (χ4v) is 4.32. The summed E-state index contributed by atoms with van der Waals surface area (Å²) < 4.78 is 1.76. The highest BCUT2D eigenvalue weighted by Gasteiger charge is 2.21. The number of carbonyl (C=O) groups excluding carboxylic acids is 2. The van der Waals surface area contributed by atoms with Gasteiger partial charge in [-0.2, -0.15) is 5.10 Å². The molecular weight excluding hydrogens is 400 g/mol. The molecule has 4 rings (SSSR count). The Hall–Kier alpha value is -3.41. The van der Waals surface area contributed by atoms with Gasteiger partial charge in [-0.05, 0) is 37.5 Å². The van der Waals surface area contributed by atoms with Crippen molar-refractivity contribution in [3.8, 4) is 16.8 Å². The highest BCUT2D eigenvalue weighted by Crippen LogP contribution is 2.33. The van der Waals surface area contributed by atoms with Crippen LogP contribution in [-0.2, 0) is 9.59 Å². The average molecular weight is 431 g/mol. The molecule has 1 aliphatic rings. The molecule has 6 nitrogen and oxygen atoms in total. The molecule has 2 amide bonds. The van der Waals surface area contributed by atoms with E-state index in [0.717, 1.165) is 48.2 Å². The van der Waals surface area contributed by atoms with Gasteiger partial charge < -0.3 is 10.6 Å². The van der Waals surface area contributed by atoms with Crippen LogP contribution in [0.25, 0.3) is 16.8 Å². The number of anilines is 1. The summed E-state index contributed by atoms with van der Waals surface area (Å²) in [7, 11) is 0. The first-order chi connectivity index (χ1) is 15.6. The van der Waals surface area contributed by atoms with E-state index in [9.17, 15) is 9.59 Å². The highest BCUT2D eigenvalue weighted by molar-refractivity contribution is 5.97. The van der Waals surface area contributed by atoms with Gasteiger partial charge in [-0.1, -0.05) is 67.8 Å². The first-order valence-electron chi connectivity index (χ1n) is 11.4. The number of amides is 2. The molecule has 0 aliphatic heterocycles. The summed E-state index contributed by atoms with van der Waals surface area (Å²) in [5, 5.41) is 10.8. The minimum Gasteiger partial charge on any atom is -0.353 e. The molecule has 32 heavy (non-hydrogen) atoms. The summed E-state index contributed by atoms with van der Waals surface area (Å²) in [4.78, 5) is 25.2. The predicted octanol–water partition coefficient (Wildman–Crippen LogP) is 5.02. The standard InChI is InChI=1S/C26H30N4O2/c1-19-25(20-11-5-2-6-12-20)26(30(29-19)22-15-9-4-10-16-22)28-24(32)18-17-23(31)27-21-13-7-3-8-14-21/h2,4-6,9-12,15-16,21H,3,7-8,13-14,17-18H2,1H3,(H,27,31)(H,28,32). The molecule has 1 saturated carbocycles. The SMILES string of the molecule is Cc1nn(-c2ccccc2)c(NC(=O)CCC(=O)NC2CCCCC2)c1-c1ccccc1. The minimum absolute atomic E-state index is 0.0527. The molecule has 3 aromatic rings. The maximum Gasteiger partial charge on any atom is 0.226 e. The molecule has 0 saturated heterocycles. The second-order valence-corrected chi connectivity index (χ2v) is 8.37. The van der Waals surface area contributed by atoms with Gasteiger partial charge in [0.15, 0.2) is 0 Å². The van der Waals surface area contributed by atoms with Crippen molar-refractivity contribution in [2.75, 3.05) is 5.32 Å². The summed E-state index contributed by atoms with van der Waals surface area (Å²) in [5.74, 6) is 0.374. The monoisotopic (exact) mass is 430 g/mol. The normalized spacial score (nSPS) is 14.2. The van der Waals surface area contributed by atoms with Crippen LogP contribution in [0.1, 0.15) is 50.6 Å². The lowest BCUT2D eigenvalue weighted by Gasteiger charge is -2.22. The molecule has 0 atom stereocenters. The number of aromatic nitrogens is 2. The zero-order valence-corrected chi connectivity index (χ0v) is 18.5. The zero-order valence-electron chi connectivity index (χ0n) is 18.5. The van der Waals surface area contributed by atoms with E-state index in [4.69, 9.17) is 5.10 Å². The molecule has 2 aromatic carbocycles. The van der Waals surface area contributed by atoms with Crippen molar-refractivity contribution in [3.05, 3.63) is 66.4 Å². The summed E-state index contributed by atoms with van der Waals surface area (Å²) >= 11 is 0. The van der Waals surface area contributed by atoms with Gasteiger partial charge in [0, 0.05) is 24.4 Å². The van der Waals surface area contributed by atoms with Crippen LogP contribution in [0, 0.1) is 6.92 Å². The Kier molecular flexibility index (Phi) is 7.00. The summed E-state index contributed by atoms with van der Waals surface area (Å²) in [6.45, 7) is 1.94. The summed E-state index contributed by atoms with van der Waals surface area (Å²) in [5.41, 5.74) is 3.56. The van der Waals surface area contributed by atoms with Gasteiger partial charge in [0.05, 0.1) is 11.4 Å². The number of nitrogens with one attached hydrogen (secondary N) is 2. The molecule has 0 unspecified atom stereocenters. The minimum atomic E-state index is -0.196. The number of aryl methyl sites for hydroxylation is 1. The van der Waals surface area contributed by atoms with Crippen molar-refractivity contribution in [2.24, 2.45) is 0 Å². The number of hydrogen-bond donors (Lipinski definition) is 2. The molecular formula is C26H30N4O2. The molecule has 1 aromatic heterocycles. The van der Waals surface area contributed by atoms with Crippen molar-refractivity contribution < 1.29 is 9.59 Å².